The number of nitrogens with one attached hydrogen (secondary N) is 2. The maximum Gasteiger partial charge on any atom is 0.309 e. The zero-order valence-corrected chi connectivity index (χ0v) is 17.9. The molecule has 0 unspecified atom stereocenters. The Morgan fingerprint density at radius 2 is 1.84 bits per heavy atom. The van der Waals surface area contributed by atoms with E-state index in [-0.39, 0.29) is 6.04 Å². The van der Waals surface area contributed by atoms with E-state index in [4.69, 9.17) is 4.42 Å². The first kappa shape index (κ1) is 21.4. The average molecular weight is 422 g/mol. The smallest absolute Gasteiger partial charge is 0.309 e. The normalized spacial score (nSPS) is 17.4. The van der Waals surface area contributed by atoms with Gasteiger partial charge >= 0.3 is 11.8 Å². The van der Waals surface area contributed by atoms with Gasteiger partial charge in [0.05, 0.1) is 12.3 Å². The number of nitrogens with zero attached hydrogens (tertiary/aromatic N) is 1. The van der Waals surface area contributed by atoms with Gasteiger partial charge in [0.1, 0.15) is 5.76 Å². The first-order chi connectivity index (χ1) is 15.2. The molecule has 164 valence electrons. The lowest BCUT2D eigenvalue weighted by atomic mass is 9.97. The molecule has 2 heterocycles. The Labute approximate surface area is 183 Å². The number of hydrogen-bond acceptors (Lipinski definition) is 4. The van der Waals surface area contributed by atoms with Crippen LogP contribution in [0.4, 0.5) is 0 Å². The van der Waals surface area contributed by atoms with Gasteiger partial charge in [-0.25, -0.2) is 0 Å². The molecule has 0 bridgehead atoms. The largest absolute Gasteiger partial charge is 0.468 e. The Bertz CT molecular complexity index is 920. The molecule has 1 atom stereocenters. The van der Waals surface area contributed by atoms with E-state index in [9.17, 15) is 9.59 Å². The number of benzene rings is 1. The van der Waals surface area contributed by atoms with Crippen LogP contribution >= 0.6 is 0 Å². The van der Waals surface area contributed by atoms with Gasteiger partial charge in [0.2, 0.25) is 0 Å². The molecule has 2 amide bonds. The molecule has 0 spiro atoms. The van der Waals surface area contributed by atoms with Crippen molar-refractivity contribution < 1.29 is 14.0 Å². The quantitative estimate of drug-likeness (QED) is 0.530. The number of amides is 2. The highest BCUT2D eigenvalue weighted by Gasteiger charge is 2.27. The Kier molecular flexibility index (Phi) is 7.20. The van der Waals surface area contributed by atoms with Gasteiger partial charge in [0.15, 0.2) is 0 Å². The first-order valence-corrected chi connectivity index (χ1v) is 11.3. The Morgan fingerprint density at radius 3 is 2.61 bits per heavy atom. The van der Waals surface area contributed by atoms with Crippen molar-refractivity contribution >= 4 is 11.8 Å². The van der Waals surface area contributed by atoms with E-state index in [1.165, 1.54) is 29.5 Å². The first-order valence-electron chi connectivity index (χ1n) is 11.3. The Balaban J connectivity index is 1.31. The molecule has 0 saturated heterocycles. The van der Waals surface area contributed by atoms with Crippen LogP contribution in [-0.4, -0.2) is 36.3 Å². The van der Waals surface area contributed by atoms with E-state index in [2.05, 4.69) is 45.9 Å². The molecule has 4 rings (SSSR count). The molecule has 1 aromatic heterocycles. The standard InChI is InChI=1S/C25H31N3O3/c29-24(26-14-12-19-7-2-1-3-8-19)25(30)27-17-22(23-11-6-16-31-23)28-15-13-20-9-4-5-10-21(20)18-28/h4-7,9-11,16,22H,1-3,8,12-15,17-18H2,(H,26,29)(H,27,30)/t22-/m1/s1. The van der Waals surface area contributed by atoms with Crippen molar-refractivity contribution in [3.63, 3.8) is 0 Å². The van der Waals surface area contributed by atoms with E-state index < -0.39 is 11.8 Å². The van der Waals surface area contributed by atoms with Crippen molar-refractivity contribution in [2.75, 3.05) is 19.6 Å². The molecule has 1 aromatic carbocycles. The van der Waals surface area contributed by atoms with E-state index >= 15 is 0 Å². The fourth-order valence-electron chi connectivity index (χ4n) is 4.49. The maximum absolute atomic E-state index is 12.4. The molecular formula is C25H31N3O3. The molecule has 31 heavy (non-hydrogen) atoms. The predicted octanol–water partition coefficient (Wildman–Crippen LogP) is 3.50. The fourth-order valence-corrected chi connectivity index (χ4v) is 4.49. The van der Waals surface area contributed by atoms with Crippen LogP contribution in [0, 0.1) is 0 Å². The van der Waals surface area contributed by atoms with E-state index in [0.717, 1.165) is 44.5 Å². The van der Waals surface area contributed by atoms with Crippen LogP contribution in [0.1, 0.15) is 55.0 Å². The third-order valence-electron chi connectivity index (χ3n) is 6.25. The lowest BCUT2D eigenvalue weighted by molar-refractivity contribution is -0.139. The van der Waals surface area contributed by atoms with Crippen molar-refractivity contribution in [2.24, 2.45) is 0 Å². The zero-order valence-electron chi connectivity index (χ0n) is 17.9. The van der Waals surface area contributed by atoms with Gasteiger partial charge in [0.25, 0.3) is 0 Å². The number of carbonyl (C=O) groups excluding carboxylic acids is 2. The molecule has 2 aromatic rings. The summed E-state index contributed by atoms with van der Waals surface area (Å²) in [7, 11) is 0. The van der Waals surface area contributed by atoms with Crippen LogP contribution in [0.25, 0.3) is 0 Å². The van der Waals surface area contributed by atoms with Crippen LogP contribution < -0.4 is 10.6 Å². The van der Waals surface area contributed by atoms with Crippen LogP contribution in [0.3, 0.4) is 0 Å². The van der Waals surface area contributed by atoms with E-state index in [0.29, 0.717) is 13.1 Å². The summed E-state index contributed by atoms with van der Waals surface area (Å²) in [6.45, 7) is 2.49. The number of furan rings is 1. The van der Waals surface area contributed by atoms with Gasteiger partial charge < -0.3 is 15.1 Å². The third-order valence-corrected chi connectivity index (χ3v) is 6.25. The van der Waals surface area contributed by atoms with Crippen molar-refractivity contribution in [3.05, 3.63) is 71.2 Å². The second kappa shape index (κ2) is 10.4. The fraction of sp³-hybridized carbons (Fsp3) is 0.440. The minimum Gasteiger partial charge on any atom is -0.468 e. The lowest BCUT2D eigenvalue weighted by Crippen LogP contribution is -2.45. The number of hydrogen-bond donors (Lipinski definition) is 2. The zero-order chi connectivity index (χ0) is 21.5. The van der Waals surface area contributed by atoms with Crippen LogP contribution in [0.5, 0.6) is 0 Å². The van der Waals surface area contributed by atoms with Crippen molar-refractivity contribution in [1.29, 1.82) is 0 Å². The molecule has 1 aliphatic heterocycles. The number of fused-ring (bicyclic) bond motifs is 1. The molecule has 6 nitrogen and oxygen atoms in total. The molecule has 0 radical (unpaired) electrons. The Hall–Kier alpha value is -2.86. The average Bonchev–Trinajstić information content (AvgIpc) is 3.34. The summed E-state index contributed by atoms with van der Waals surface area (Å²) in [5.74, 6) is -0.366. The second-order valence-corrected chi connectivity index (χ2v) is 8.34. The lowest BCUT2D eigenvalue weighted by Gasteiger charge is -2.34. The minimum absolute atomic E-state index is 0.118. The van der Waals surface area contributed by atoms with Gasteiger partial charge in [-0.05, 0) is 61.8 Å². The third kappa shape index (κ3) is 5.64. The van der Waals surface area contributed by atoms with E-state index in [1.54, 1.807) is 6.26 Å². The maximum atomic E-state index is 12.4. The van der Waals surface area contributed by atoms with Gasteiger partial charge in [-0.2, -0.15) is 0 Å². The van der Waals surface area contributed by atoms with E-state index in [1.807, 2.05) is 12.1 Å². The summed E-state index contributed by atoms with van der Waals surface area (Å²) in [6.07, 6.45) is 10.4. The highest BCUT2D eigenvalue weighted by molar-refractivity contribution is 6.35. The molecule has 2 N–H and O–H groups in total. The highest BCUT2D eigenvalue weighted by Crippen LogP contribution is 2.28. The van der Waals surface area contributed by atoms with Crippen molar-refractivity contribution in [1.82, 2.24) is 15.5 Å². The summed E-state index contributed by atoms with van der Waals surface area (Å²) < 4.78 is 5.66. The molecular weight excluding hydrogens is 390 g/mol. The molecule has 2 aliphatic rings. The van der Waals surface area contributed by atoms with Gasteiger partial charge in [-0.1, -0.05) is 35.9 Å². The highest BCUT2D eigenvalue weighted by atomic mass is 16.3. The number of allylic oxidation sites excluding steroid dienone is 1. The molecule has 1 aliphatic carbocycles. The monoisotopic (exact) mass is 421 g/mol. The summed E-state index contributed by atoms with van der Waals surface area (Å²) in [6, 6.07) is 12.1. The topological polar surface area (TPSA) is 74.6 Å². The summed E-state index contributed by atoms with van der Waals surface area (Å²) in [4.78, 5) is 26.9. The van der Waals surface area contributed by atoms with Crippen LogP contribution in [0.15, 0.2) is 58.7 Å². The van der Waals surface area contributed by atoms with Crippen molar-refractivity contribution in [2.45, 2.75) is 51.1 Å². The Morgan fingerprint density at radius 1 is 1.00 bits per heavy atom. The molecule has 0 saturated carbocycles. The molecule has 6 heteroatoms. The minimum atomic E-state index is -0.591. The van der Waals surface area contributed by atoms with Crippen LogP contribution in [0.2, 0.25) is 0 Å². The van der Waals surface area contributed by atoms with Gasteiger partial charge in [-0.15, -0.1) is 0 Å². The van der Waals surface area contributed by atoms with Gasteiger partial charge in [0, 0.05) is 26.2 Å². The SMILES string of the molecule is O=C(NCCC1=CCCCC1)C(=O)NC[C@H](c1ccco1)N1CCc2ccccc2C1. The summed E-state index contributed by atoms with van der Waals surface area (Å²) in [5.41, 5.74) is 4.05. The van der Waals surface area contributed by atoms with Gasteiger partial charge in [-0.3, -0.25) is 14.5 Å². The van der Waals surface area contributed by atoms with Crippen LogP contribution in [-0.2, 0) is 22.6 Å². The predicted molar refractivity (Wildman–Crippen MR) is 119 cm³/mol. The number of rotatable bonds is 7. The molecule has 0 fully saturated rings. The summed E-state index contributed by atoms with van der Waals surface area (Å²) >= 11 is 0. The number of carbonyl (C=O) groups is 2. The summed E-state index contributed by atoms with van der Waals surface area (Å²) in [5, 5.41) is 5.57. The van der Waals surface area contributed by atoms with Crippen molar-refractivity contribution in [3.8, 4) is 0 Å². The second-order valence-electron chi connectivity index (χ2n) is 8.34.